The van der Waals surface area contributed by atoms with E-state index in [1.807, 2.05) is 0 Å². The van der Waals surface area contributed by atoms with Crippen LogP contribution in [0.1, 0.15) is 19.8 Å². The minimum atomic E-state index is 1.22. The van der Waals surface area contributed by atoms with E-state index in [2.05, 4.69) is 23.8 Å². The predicted octanol–water partition coefficient (Wildman–Crippen LogP) is 2.93. The molecule has 0 amide bonds. The molecule has 1 aliphatic rings. The summed E-state index contributed by atoms with van der Waals surface area (Å²) in [6.45, 7) is 2.18. The molecule has 0 bridgehead atoms. The highest BCUT2D eigenvalue weighted by atomic mass is 32.2. The first-order chi connectivity index (χ1) is 3.89. The van der Waals surface area contributed by atoms with Crippen molar-refractivity contribution in [3.8, 4) is 0 Å². The molecule has 0 aromatic rings. The van der Waals surface area contributed by atoms with Gasteiger partial charge in [0.1, 0.15) is 0 Å². The minimum Gasteiger partial charge on any atom is -0.106 e. The van der Waals surface area contributed by atoms with Gasteiger partial charge in [0, 0.05) is 0 Å². The number of thioether (sulfide) groups is 1. The fourth-order valence-electron chi connectivity index (χ4n) is 0.649. The Morgan fingerprint density at radius 3 is 3.38 bits per heavy atom. The summed E-state index contributed by atoms with van der Waals surface area (Å²) in [6, 6.07) is 0. The second kappa shape index (κ2) is 2.98. The van der Waals surface area contributed by atoms with E-state index in [1.54, 1.807) is 11.8 Å². The van der Waals surface area contributed by atoms with Crippen LogP contribution in [-0.4, -0.2) is 0 Å². The van der Waals surface area contributed by atoms with Crippen LogP contribution in [0, 0.1) is 0 Å². The summed E-state index contributed by atoms with van der Waals surface area (Å²) in [5.74, 6) is 0. The monoisotopic (exact) mass is 126 g/mol. The Morgan fingerprint density at radius 1 is 1.62 bits per heavy atom. The van der Waals surface area contributed by atoms with Crippen LogP contribution in [0.2, 0.25) is 0 Å². The van der Waals surface area contributed by atoms with Crippen LogP contribution in [0.4, 0.5) is 0 Å². The van der Waals surface area contributed by atoms with Crippen LogP contribution in [-0.2, 0) is 0 Å². The van der Waals surface area contributed by atoms with Gasteiger partial charge >= 0.3 is 0 Å². The van der Waals surface area contributed by atoms with Crippen molar-refractivity contribution in [3.05, 3.63) is 22.5 Å². The normalized spacial score (nSPS) is 19.9. The van der Waals surface area contributed by atoms with E-state index >= 15 is 0 Å². The smallest absolute Gasteiger partial charge is 0.0259 e. The standard InChI is InChI=1S/C7H10S/c1-7-4-2-3-5-8-6-7/h3,5-6H,2,4H2,1H3. The molecule has 0 spiro atoms. The molecule has 0 radical (unpaired) electrons. The molecular formula is C7H10S. The lowest BCUT2D eigenvalue weighted by Crippen LogP contribution is -1.69. The summed E-state index contributed by atoms with van der Waals surface area (Å²) in [5.41, 5.74) is 1.50. The van der Waals surface area contributed by atoms with Crippen LogP contribution < -0.4 is 0 Å². The lowest BCUT2D eigenvalue weighted by atomic mass is 10.2. The molecular weight excluding hydrogens is 116 g/mol. The number of rotatable bonds is 0. The largest absolute Gasteiger partial charge is 0.106 e. The number of hydrogen-bond donors (Lipinski definition) is 0. The lowest BCUT2D eigenvalue weighted by molar-refractivity contribution is 0.986. The molecule has 1 rings (SSSR count). The second-order valence-electron chi connectivity index (χ2n) is 2.01. The van der Waals surface area contributed by atoms with Gasteiger partial charge in [0.05, 0.1) is 0 Å². The molecule has 8 heavy (non-hydrogen) atoms. The van der Waals surface area contributed by atoms with Crippen LogP contribution in [0.5, 0.6) is 0 Å². The predicted molar refractivity (Wildman–Crippen MR) is 39.7 cm³/mol. The van der Waals surface area contributed by atoms with Crippen molar-refractivity contribution in [2.24, 2.45) is 0 Å². The SMILES string of the molecule is CC1=CSC=CCC1. The molecule has 0 saturated heterocycles. The van der Waals surface area contributed by atoms with E-state index < -0.39 is 0 Å². The molecule has 0 aliphatic carbocycles. The quantitative estimate of drug-likeness (QED) is 0.481. The maximum absolute atomic E-state index is 2.22. The first-order valence-corrected chi connectivity index (χ1v) is 3.80. The van der Waals surface area contributed by atoms with Crippen molar-refractivity contribution in [1.82, 2.24) is 0 Å². The molecule has 0 saturated carbocycles. The van der Waals surface area contributed by atoms with Gasteiger partial charge in [-0.1, -0.05) is 11.6 Å². The first-order valence-electron chi connectivity index (χ1n) is 2.86. The minimum absolute atomic E-state index is 1.22. The van der Waals surface area contributed by atoms with E-state index in [9.17, 15) is 0 Å². The number of hydrogen-bond acceptors (Lipinski definition) is 1. The average molecular weight is 126 g/mol. The summed E-state index contributed by atoms with van der Waals surface area (Å²) in [5, 5.41) is 4.36. The van der Waals surface area contributed by atoms with Crippen molar-refractivity contribution in [2.75, 3.05) is 0 Å². The van der Waals surface area contributed by atoms with Gasteiger partial charge in [0.15, 0.2) is 0 Å². The molecule has 1 heteroatoms. The Balaban J connectivity index is 2.48. The van der Waals surface area contributed by atoms with Crippen LogP contribution in [0.15, 0.2) is 22.5 Å². The van der Waals surface area contributed by atoms with Gasteiger partial charge in [-0.05, 0) is 30.6 Å². The van der Waals surface area contributed by atoms with Crippen LogP contribution in [0.3, 0.4) is 0 Å². The Kier molecular flexibility index (Phi) is 2.22. The molecule has 0 nitrogen and oxygen atoms in total. The Morgan fingerprint density at radius 2 is 2.50 bits per heavy atom. The first kappa shape index (κ1) is 5.96. The van der Waals surface area contributed by atoms with Crippen LogP contribution in [0.25, 0.3) is 0 Å². The third kappa shape index (κ3) is 1.74. The maximum atomic E-state index is 2.22. The van der Waals surface area contributed by atoms with Gasteiger partial charge in [-0.15, -0.1) is 11.8 Å². The van der Waals surface area contributed by atoms with Gasteiger partial charge in [-0.3, -0.25) is 0 Å². The summed E-state index contributed by atoms with van der Waals surface area (Å²) in [7, 11) is 0. The molecule has 0 atom stereocenters. The molecule has 1 heterocycles. The summed E-state index contributed by atoms with van der Waals surface area (Å²) < 4.78 is 0. The van der Waals surface area contributed by atoms with E-state index in [0.717, 1.165) is 0 Å². The second-order valence-corrected chi connectivity index (χ2v) is 2.79. The third-order valence-corrected chi connectivity index (χ3v) is 2.04. The zero-order chi connectivity index (χ0) is 5.82. The fraction of sp³-hybridized carbons (Fsp3) is 0.429. The maximum Gasteiger partial charge on any atom is -0.0259 e. The number of allylic oxidation sites excluding steroid dienone is 2. The summed E-state index contributed by atoms with van der Waals surface area (Å²) >= 11 is 1.78. The van der Waals surface area contributed by atoms with Gasteiger partial charge in [-0.25, -0.2) is 0 Å². The van der Waals surface area contributed by atoms with E-state index in [-0.39, 0.29) is 0 Å². The van der Waals surface area contributed by atoms with Crippen molar-refractivity contribution >= 4 is 11.8 Å². The molecule has 0 unspecified atom stereocenters. The van der Waals surface area contributed by atoms with Crippen molar-refractivity contribution < 1.29 is 0 Å². The highest BCUT2D eigenvalue weighted by molar-refractivity contribution is 8.04. The third-order valence-electron chi connectivity index (χ3n) is 1.15. The molecule has 0 aromatic carbocycles. The van der Waals surface area contributed by atoms with Gasteiger partial charge in [-0.2, -0.15) is 0 Å². The average Bonchev–Trinajstić information content (AvgIpc) is 1.94. The zero-order valence-corrected chi connectivity index (χ0v) is 5.87. The van der Waals surface area contributed by atoms with Gasteiger partial charge < -0.3 is 0 Å². The highest BCUT2D eigenvalue weighted by Crippen LogP contribution is 2.17. The zero-order valence-electron chi connectivity index (χ0n) is 5.05. The highest BCUT2D eigenvalue weighted by Gasteiger charge is 1.89. The lowest BCUT2D eigenvalue weighted by Gasteiger charge is -1.89. The van der Waals surface area contributed by atoms with Crippen LogP contribution >= 0.6 is 11.8 Å². The van der Waals surface area contributed by atoms with E-state index in [0.29, 0.717) is 0 Å². The van der Waals surface area contributed by atoms with Gasteiger partial charge in [0.2, 0.25) is 0 Å². The topological polar surface area (TPSA) is 0 Å². The van der Waals surface area contributed by atoms with Crippen molar-refractivity contribution in [1.29, 1.82) is 0 Å². The molecule has 0 aromatic heterocycles. The fourth-order valence-corrected chi connectivity index (χ4v) is 1.32. The Hall–Kier alpha value is -0.170. The molecule has 0 N–H and O–H groups in total. The Bertz CT molecular complexity index is 122. The molecule has 0 fully saturated rings. The van der Waals surface area contributed by atoms with Crippen molar-refractivity contribution in [2.45, 2.75) is 19.8 Å². The van der Waals surface area contributed by atoms with Crippen molar-refractivity contribution in [3.63, 3.8) is 0 Å². The van der Waals surface area contributed by atoms with Gasteiger partial charge in [0.25, 0.3) is 0 Å². The summed E-state index contributed by atoms with van der Waals surface area (Å²) in [4.78, 5) is 0. The Labute approximate surface area is 54.7 Å². The van der Waals surface area contributed by atoms with E-state index in [1.165, 1.54) is 18.4 Å². The molecule has 1 aliphatic heterocycles. The van der Waals surface area contributed by atoms with E-state index in [4.69, 9.17) is 0 Å². The summed E-state index contributed by atoms with van der Waals surface area (Å²) in [6.07, 6.45) is 4.68. The molecule has 44 valence electrons.